The summed E-state index contributed by atoms with van der Waals surface area (Å²) in [7, 11) is 0. The summed E-state index contributed by atoms with van der Waals surface area (Å²) in [6.07, 6.45) is 0.881. The van der Waals surface area contributed by atoms with Gasteiger partial charge in [-0.1, -0.05) is 48.9 Å². The highest BCUT2D eigenvalue weighted by Gasteiger charge is 2.40. The average molecular weight is 426 g/mol. The molecule has 5 rings (SSSR count). The smallest absolute Gasteiger partial charge is 0.282 e. The Morgan fingerprint density at radius 1 is 0.875 bits per heavy atom. The Morgan fingerprint density at radius 2 is 1.59 bits per heavy atom. The van der Waals surface area contributed by atoms with Gasteiger partial charge in [-0.2, -0.15) is 0 Å². The highest BCUT2D eigenvalue weighted by Crippen LogP contribution is 2.37. The Kier molecular flexibility index (Phi) is 4.90. The van der Waals surface area contributed by atoms with Gasteiger partial charge >= 0.3 is 0 Å². The van der Waals surface area contributed by atoms with Gasteiger partial charge in [0.2, 0.25) is 6.79 Å². The molecule has 0 unspecified atom stereocenters. The van der Waals surface area contributed by atoms with Crippen LogP contribution in [0.5, 0.6) is 11.5 Å². The van der Waals surface area contributed by atoms with Gasteiger partial charge in [0.1, 0.15) is 5.70 Å². The van der Waals surface area contributed by atoms with Crippen molar-refractivity contribution in [1.82, 2.24) is 0 Å². The van der Waals surface area contributed by atoms with E-state index >= 15 is 0 Å². The van der Waals surface area contributed by atoms with Gasteiger partial charge in [-0.05, 0) is 48.7 Å². The summed E-state index contributed by atoms with van der Waals surface area (Å²) in [6.45, 7) is 4.20. The quantitative estimate of drug-likeness (QED) is 0.600. The van der Waals surface area contributed by atoms with Gasteiger partial charge in [0.25, 0.3) is 11.8 Å². The zero-order valence-electron chi connectivity index (χ0n) is 17.8. The van der Waals surface area contributed by atoms with Crippen LogP contribution in [-0.4, -0.2) is 18.6 Å². The Labute approximate surface area is 186 Å². The SMILES string of the molecule is CCc1ccc(N2C(=O)C(Nc3ccc4c(c3)OCO4)=C(c3ccc(C)cc3)C2=O)cc1. The first kappa shape index (κ1) is 19.9. The second-order valence-corrected chi connectivity index (χ2v) is 7.77. The second-order valence-electron chi connectivity index (χ2n) is 7.77. The van der Waals surface area contributed by atoms with E-state index in [1.165, 1.54) is 4.90 Å². The number of rotatable bonds is 5. The van der Waals surface area contributed by atoms with Crippen molar-refractivity contribution in [2.24, 2.45) is 0 Å². The standard InChI is InChI=1S/C26H22N2O4/c1-3-17-6-11-20(12-7-17)28-25(29)23(18-8-4-16(2)5-9-18)24(26(28)30)27-19-10-13-21-22(14-19)32-15-31-21/h4-14,27H,3,15H2,1-2H3. The van der Waals surface area contributed by atoms with Crippen molar-refractivity contribution in [3.05, 3.63) is 89.1 Å². The minimum atomic E-state index is -0.396. The molecule has 0 fully saturated rings. The summed E-state index contributed by atoms with van der Waals surface area (Å²) in [5.41, 5.74) is 4.65. The third kappa shape index (κ3) is 3.39. The maximum atomic E-state index is 13.5. The van der Waals surface area contributed by atoms with Gasteiger partial charge in [0, 0.05) is 11.8 Å². The van der Waals surface area contributed by atoms with Gasteiger partial charge in [-0.3, -0.25) is 9.59 Å². The lowest BCUT2D eigenvalue weighted by Gasteiger charge is -2.16. The summed E-state index contributed by atoms with van der Waals surface area (Å²) in [5, 5.41) is 3.17. The van der Waals surface area contributed by atoms with Gasteiger partial charge in [-0.15, -0.1) is 0 Å². The number of nitrogens with one attached hydrogen (secondary N) is 1. The van der Waals surface area contributed by atoms with E-state index in [9.17, 15) is 9.59 Å². The van der Waals surface area contributed by atoms with Crippen LogP contribution in [0.3, 0.4) is 0 Å². The molecule has 3 aromatic carbocycles. The summed E-state index contributed by atoms with van der Waals surface area (Å²) in [6, 6.07) is 20.4. The minimum absolute atomic E-state index is 0.162. The van der Waals surface area contributed by atoms with E-state index in [0.717, 1.165) is 17.5 Å². The number of fused-ring (bicyclic) bond motifs is 1. The predicted octanol–water partition coefficient (Wildman–Crippen LogP) is 4.68. The maximum absolute atomic E-state index is 13.5. The predicted molar refractivity (Wildman–Crippen MR) is 123 cm³/mol. The monoisotopic (exact) mass is 426 g/mol. The first-order chi connectivity index (χ1) is 15.5. The van der Waals surface area contributed by atoms with Crippen LogP contribution in [0, 0.1) is 6.92 Å². The fourth-order valence-corrected chi connectivity index (χ4v) is 3.87. The number of anilines is 2. The normalized spacial score (nSPS) is 15.0. The minimum Gasteiger partial charge on any atom is -0.454 e. The van der Waals surface area contributed by atoms with Crippen LogP contribution < -0.4 is 19.7 Å². The van der Waals surface area contributed by atoms with Crippen molar-refractivity contribution in [3.8, 4) is 11.5 Å². The molecule has 0 aromatic heterocycles. The lowest BCUT2D eigenvalue weighted by molar-refractivity contribution is -0.120. The van der Waals surface area contributed by atoms with Crippen molar-refractivity contribution in [1.29, 1.82) is 0 Å². The molecule has 2 aliphatic rings. The summed E-state index contributed by atoms with van der Waals surface area (Å²) < 4.78 is 10.8. The van der Waals surface area contributed by atoms with Gasteiger partial charge in [0.05, 0.1) is 11.3 Å². The van der Waals surface area contributed by atoms with Gasteiger partial charge < -0.3 is 14.8 Å². The molecule has 32 heavy (non-hydrogen) atoms. The third-order valence-electron chi connectivity index (χ3n) is 5.67. The van der Waals surface area contributed by atoms with E-state index in [-0.39, 0.29) is 18.4 Å². The number of carbonyl (C=O) groups excluding carboxylic acids is 2. The zero-order chi connectivity index (χ0) is 22.2. The lowest BCUT2D eigenvalue weighted by Crippen LogP contribution is -2.32. The van der Waals surface area contributed by atoms with E-state index in [1.54, 1.807) is 18.2 Å². The first-order valence-corrected chi connectivity index (χ1v) is 10.5. The number of imide groups is 1. The molecule has 0 saturated heterocycles. The molecule has 3 aromatic rings. The molecule has 0 saturated carbocycles. The summed E-state index contributed by atoms with van der Waals surface area (Å²) >= 11 is 0. The molecule has 0 aliphatic carbocycles. The Hall–Kier alpha value is -4.06. The number of hydrogen-bond donors (Lipinski definition) is 1. The molecule has 0 bridgehead atoms. The van der Waals surface area contributed by atoms with Crippen molar-refractivity contribution < 1.29 is 19.1 Å². The second kappa shape index (κ2) is 7.89. The van der Waals surface area contributed by atoms with Crippen molar-refractivity contribution in [2.75, 3.05) is 17.0 Å². The largest absolute Gasteiger partial charge is 0.454 e. The van der Waals surface area contributed by atoms with Crippen LogP contribution in [-0.2, 0) is 16.0 Å². The number of aryl methyl sites for hydroxylation is 2. The fourth-order valence-electron chi connectivity index (χ4n) is 3.87. The average Bonchev–Trinajstić information content (AvgIpc) is 3.37. The Bertz CT molecular complexity index is 1240. The highest BCUT2D eigenvalue weighted by molar-refractivity contribution is 6.46. The maximum Gasteiger partial charge on any atom is 0.282 e. The van der Waals surface area contributed by atoms with E-state index in [4.69, 9.17) is 9.47 Å². The van der Waals surface area contributed by atoms with Crippen molar-refractivity contribution >= 4 is 28.8 Å². The van der Waals surface area contributed by atoms with E-state index < -0.39 is 5.91 Å². The number of hydrogen-bond acceptors (Lipinski definition) is 5. The van der Waals surface area contributed by atoms with Crippen molar-refractivity contribution in [3.63, 3.8) is 0 Å². The molecule has 2 amide bonds. The van der Waals surface area contributed by atoms with E-state index in [1.807, 2.05) is 55.5 Å². The number of amides is 2. The summed E-state index contributed by atoms with van der Waals surface area (Å²) in [4.78, 5) is 28.2. The van der Waals surface area contributed by atoms with E-state index in [2.05, 4.69) is 12.2 Å². The molecule has 6 nitrogen and oxygen atoms in total. The van der Waals surface area contributed by atoms with Gasteiger partial charge in [0.15, 0.2) is 11.5 Å². The highest BCUT2D eigenvalue weighted by atomic mass is 16.7. The molecule has 0 spiro atoms. The third-order valence-corrected chi connectivity index (χ3v) is 5.67. The topological polar surface area (TPSA) is 67.9 Å². The van der Waals surface area contributed by atoms with E-state index in [0.29, 0.717) is 34.0 Å². The van der Waals surface area contributed by atoms with Crippen LogP contribution in [0.2, 0.25) is 0 Å². The first-order valence-electron chi connectivity index (χ1n) is 10.5. The molecular weight excluding hydrogens is 404 g/mol. The zero-order valence-corrected chi connectivity index (χ0v) is 17.8. The van der Waals surface area contributed by atoms with Crippen molar-refractivity contribution in [2.45, 2.75) is 20.3 Å². The lowest BCUT2D eigenvalue weighted by atomic mass is 10.0. The molecule has 2 heterocycles. The number of carbonyl (C=O) groups is 2. The van der Waals surface area contributed by atoms with Crippen LogP contribution in [0.25, 0.3) is 5.57 Å². The van der Waals surface area contributed by atoms with Crippen LogP contribution >= 0.6 is 0 Å². The Morgan fingerprint density at radius 3 is 2.31 bits per heavy atom. The fraction of sp³-hybridized carbons (Fsp3) is 0.154. The molecular formula is C26H22N2O4. The molecule has 2 aliphatic heterocycles. The molecule has 1 N–H and O–H groups in total. The molecule has 160 valence electrons. The van der Waals surface area contributed by atoms with Crippen LogP contribution in [0.15, 0.2) is 72.4 Å². The molecule has 0 radical (unpaired) electrons. The molecule has 0 atom stereocenters. The summed E-state index contributed by atoms with van der Waals surface area (Å²) in [5.74, 6) is 0.491. The molecule has 6 heteroatoms. The van der Waals surface area contributed by atoms with Gasteiger partial charge in [-0.25, -0.2) is 4.90 Å². The number of benzene rings is 3. The van der Waals surface area contributed by atoms with Crippen LogP contribution in [0.1, 0.15) is 23.6 Å². The van der Waals surface area contributed by atoms with Crippen LogP contribution in [0.4, 0.5) is 11.4 Å². The Balaban J connectivity index is 1.57. The number of nitrogens with zero attached hydrogens (tertiary/aromatic N) is 1. The number of ether oxygens (including phenoxy) is 2.